The Bertz CT molecular complexity index is 269. The van der Waals surface area contributed by atoms with E-state index in [1.807, 2.05) is 6.08 Å². The van der Waals surface area contributed by atoms with Gasteiger partial charge in [-0.05, 0) is 26.2 Å². The van der Waals surface area contributed by atoms with Crippen molar-refractivity contribution >= 4 is 29.9 Å². The van der Waals surface area contributed by atoms with E-state index in [1.54, 1.807) is 0 Å². The molecule has 1 fully saturated rings. The van der Waals surface area contributed by atoms with Gasteiger partial charge in [-0.1, -0.05) is 6.08 Å². The highest BCUT2D eigenvalue weighted by atomic mass is 127. The highest BCUT2D eigenvalue weighted by molar-refractivity contribution is 14.0. The Morgan fingerprint density at radius 3 is 2.80 bits per heavy atom. The van der Waals surface area contributed by atoms with E-state index in [4.69, 9.17) is 9.47 Å². The minimum absolute atomic E-state index is 0. The minimum atomic E-state index is 0. The third kappa shape index (κ3) is 9.55. The molecule has 0 saturated carbocycles. The van der Waals surface area contributed by atoms with E-state index < -0.39 is 0 Å². The molecule has 1 saturated heterocycles. The lowest BCUT2D eigenvalue weighted by Crippen LogP contribution is -2.37. The van der Waals surface area contributed by atoms with E-state index in [-0.39, 0.29) is 24.0 Å². The van der Waals surface area contributed by atoms with Crippen LogP contribution in [0.3, 0.4) is 0 Å². The first-order chi connectivity index (χ1) is 9.36. The molecule has 1 aliphatic heterocycles. The Labute approximate surface area is 139 Å². The Morgan fingerprint density at radius 2 is 2.15 bits per heavy atom. The topological polar surface area (TPSA) is 54.9 Å². The molecule has 20 heavy (non-hydrogen) atoms. The summed E-state index contributed by atoms with van der Waals surface area (Å²) < 4.78 is 11.1. The summed E-state index contributed by atoms with van der Waals surface area (Å²) >= 11 is 0. The molecule has 0 radical (unpaired) electrons. The molecule has 0 aromatic heterocycles. The number of nitrogens with one attached hydrogen (secondary N) is 2. The number of nitrogens with zero attached hydrogens (tertiary/aromatic N) is 1. The van der Waals surface area contributed by atoms with Crippen molar-refractivity contribution < 1.29 is 9.47 Å². The second kappa shape index (κ2) is 13.6. The zero-order valence-electron chi connectivity index (χ0n) is 12.4. The Hall–Kier alpha value is -0.340. The molecule has 0 bridgehead atoms. The van der Waals surface area contributed by atoms with Gasteiger partial charge < -0.3 is 20.1 Å². The van der Waals surface area contributed by atoms with Crippen LogP contribution in [0, 0.1) is 0 Å². The number of guanidine groups is 1. The van der Waals surface area contributed by atoms with E-state index in [0.717, 1.165) is 64.7 Å². The van der Waals surface area contributed by atoms with Gasteiger partial charge in [0, 0.05) is 39.5 Å². The average Bonchev–Trinajstić information content (AvgIpc) is 2.45. The number of hydrogen-bond donors (Lipinski definition) is 2. The van der Waals surface area contributed by atoms with Crippen LogP contribution in [0.15, 0.2) is 17.6 Å². The number of ether oxygens (including phenoxy) is 2. The summed E-state index contributed by atoms with van der Waals surface area (Å²) in [6.07, 6.45) is 5.19. The first kappa shape index (κ1) is 19.7. The summed E-state index contributed by atoms with van der Waals surface area (Å²) in [6, 6.07) is 0. The lowest BCUT2D eigenvalue weighted by Gasteiger charge is -2.22. The van der Waals surface area contributed by atoms with Gasteiger partial charge in [-0.3, -0.25) is 4.99 Å². The van der Waals surface area contributed by atoms with Crippen molar-refractivity contribution in [3.8, 4) is 0 Å². The fourth-order valence-electron chi connectivity index (χ4n) is 1.86. The molecule has 0 aliphatic carbocycles. The molecular weight excluding hydrogens is 369 g/mol. The number of hydrogen-bond acceptors (Lipinski definition) is 3. The molecule has 0 unspecified atom stereocenters. The molecule has 0 amide bonds. The van der Waals surface area contributed by atoms with Crippen molar-refractivity contribution in [3.63, 3.8) is 0 Å². The van der Waals surface area contributed by atoms with E-state index in [9.17, 15) is 0 Å². The van der Waals surface area contributed by atoms with E-state index in [2.05, 4.69) is 29.1 Å². The van der Waals surface area contributed by atoms with Crippen molar-refractivity contribution in [2.75, 3.05) is 39.5 Å². The van der Waals surface area contributed by atoms with Gasteiger partial charge in [-0.25, -0.2) is 0 Å². The average molecular weight is 397 g/mol. The standard InChI is InChI=1S/C14H27N3O2.HI/c1-3-8-16-14(15-4-2)17-9-5-10-19-13-6-11-18-12-7-13;/h3,13H,1,4-12H2,2H3,(H2,15,16,17);1H. The van der Waals surface area contributed by atoms with Crippen LogP contribution in [0.25, 0.3) is 0 Å². The molecule has 1 rings (SSSR count). The van der Waals surface area contributed by atoms with Gasteiger partial charge in [0.05, 0.1) is 6.10 Å². The largest absolute Gasteiger partial charge is 0.381 e. The Morgan fingerprint density at radius 1 is 1.40 bits per heavy atom. The normalized spacial score (nSPS) is 16.4. The second-order valence-electron chi connectivity index (χ2n) is 4.47. The lowest BCUT2D eigenvalue weighted by atomic mass is 10.1. The van der Waals surface area contributed by atoms with E-state index in [1.165, 1.54) is 0 Å². The highest BCUT2D eigenvalue weighted by Gasteiger charge is 2.13. The van der Waals surface area contributed by atoms with Crippen molar-refractivity contribution in [2.45, 2.75) is 32.3 Å². The van der Waals surface area contributed by atoms with Crippen LogP contribution in [-0.4, -0.2) is 51.5 Å². The van der Waals surface area contributed by atoms with Gasteiger partial charge in [0.1, 0.15) is 0 Å². The van der Waals surface area contributed by atoms with Crippen LogP contribution in [0.4, 0.5) is 0 Å². The molecule has 0 aromatic carbocycles. The third-order valence-electron chi connectivity index (χ3n) is 2.85. The maximum Gasteiger partial charge on any atom is 0.191 e. The summed E-state index contributed by atoms with van der Waals surface area (Å²) in [7, 11) is 0. The lowest BCUT2D eigenvalue weighted by molar-refractivity contribution is -0.0318. The summed E-state index contributed by atoms with van der Waals surface area (Å²) in [4.78, 5) is 4.48. The molecule has 0 aromatic rings. The van der Waals surface area contributed by atoms with Crippen LogP contribution < -0.4 is 10.6 Å². The molecule has 0 spiro atoms. The van der Waals surface area contributed by atoms with E-state index >= 15 is 0 Å². The summed E-state index contributed by atoms with van der Waals surface area (Å²) in [6.45, 7) is 10.5. The molecule has 5 nitrogen and oxygen atoms in total. The fourth-order valence-corrected chi connectivity index (χ4v) is 1.86. The molecule has 1 heterocycles. The smallest absolute Gasteiger partial charge is 0.191 e. The summed E-state index contributed by atoms with van der Waals surface area (Å²) in [5.41, 5.74) is 0. The highest BCUT2D eigenvalue weighted by Crippen LogP contribution is 2.10. The Balaban J connectivity index is 0.00000361. The fraction of sp³-hybridized carbons (Fsp3) is 0.786. The van der Waals surface area contributed by atoms with Gasteiger partial charge in [0.2, 0.25) is 0 Å². The molecule has 0 atom stereocenters. The first-order valence-electron chi connectivity index (χ1n) is 7.19. The first-order valence-corrected chi connectivity index (χ1v) is 7.19. The van der Waals surface area contributed by atoms with Crippen molar-refractivity contribution in [3.05, 3.63) is 12.7 Å². The van der Waals surface area contributed by atoms with Gasteiger partial charge in [-0.15, -0.1) is 30.6 Å². The minimum Gasteiger partial charge on any atom is -0.381 e. The van der Waals surface area contributed by atoms with Gasteiger partial charge >= 0.3 is 0 Å². The molecule has 6 heteroatoms. The van der Waals surface area contributed by atoms with Gasteiger partial charge in [-0.2, -0.15) is 0 Å². The number of rotatable bonds is 8. The predicted molar refractivity (Wildman–Crippen MR) is 94.0 cm³/mol. The van der Waals surface area contributed by atoms with Crippen LogP contribution in [0.1, 0.15) is 26.2 Å². The maximum atomic E-state index is 5.80. The molecule has 2 N–H and O–H groups in total. The molecule has 118 valence electrons. The zero-order chi connectivity index (χ0) is 13.8. The summed E-state index contributed by atoms with van der Waals surface area (Å²) in [5.74, 6) is 0.841. The predicted octanol–water partition coefficient (Wildman–Crippen LogP) is 1.93. The SMILES string of the molecule is C=CCNC(=NCCCOC1CCOCC1)NCC.I. The quantitative estimate of drug-likeness (QED) is 0.216. The second-order valence-corrected chi connectivity index (χ2v) is 4.47. The van der Waals surface area contributed by atoms with Crippen LogP contribution in [0.2, 0.25) is 0 Å². The van der Waals surface area contributed by atoms with E-state index in [0.29, 0.717) is 6.10 Å². The Kier molecular flexibility index (Phi) is 13.4. The van der Waals surface area contributed by atoms with Crippen molar-refractivity contribution in [1.29, 1.82) is 0 Å². The molecule has 1 aliphatic rings. The monoisotopic (exact) mass is 397 g/mol. The van der Waals surface area contributed by atoms with Crippen molar-refractivity contribution in [1.82, 2.24) is 10.6 Å². The van der Waals surface area contributed by atoms with Gasteiger partial charge in [0.25, 0.3) is 0 Å². The summed E-state index contributed by atoms with van der Waals surface area (Å²) in [5, 5.41) is 6.37. The van der Waals surface area contributed by atoms with Crippen molar-refractivity contribution in [2.24, 2.45) is 4.99 Å². The molecular formula is C14H28IN3O2. The van der Waals surface area contributed by atoms with Gasteiger partial charge in [0.15, 0.2) is 5.96 Å². The van der Waals surface area contributed by atoms with Crippen LogP contribution in [-0.2, 0) is 9.47 Å². The maximum absolute atomic E-state index is 5.80. The third-order valence-corrected chi connectivity index (χ3v) is 2.85. The number of aliphatic imine (C=N–C) groups is 1. The zero-order valence-corrected chi connectivity index (χ0v) is 14.7. The number of halogens is 1. The van der Waals surface area contributed by atoms with Crippen LogP contribution >= 0.6 is 24.0 Å². The van der Waals surface area contributed by atoms with Crippen LogP contribution in [0.5, 0.6) is 0 Å².